The minimum Gasteiger partial charge on any atom is -0.481 e. The van der Waals surface area contributed by atoms with Gasteiger partial charge in [-0.25, -0.2) is 9.59 Å². The van der Waals surface area contributed by atoms with Gasteiger partial charge in [0, 0.05) is 22.0 Å². The molecule has 4 bridgehead atoms. The molecule has 33 heavy (non-hydrogen) atoms. The fourth-order valence-corrected chi connectivity index (χ4v) is 8.34. The molecule has 180 valence electrons. The van der Waals surface area contributed by atoms with Crippen LogP contribution in [0.3, 0.4) is 0 Å². The van der Waals surface area contributed by atoms with Crippen molar-refractivity contribution < 1.29 is 44.3 Å². The number of rotatable bonds is 10. The average Bonchev–Trinajstić information content (AvgIpc) is 3.53. The van der Waals surface area contributed by atoms with Crippen molar-refractivity contribution >= 4 is 47.4 Å². The van der Waals surface area contributed by atoms with E-state index in [1.807, 2.05) is 0 Å². The predicted molar refractivity (Wildman–Crippen MR) is 120 cm³/mol. The standard InChI is InChI=1S/C22H26O9S2/c23-1-3-32-13-7-9-5-11(13)17(19(25)26)15(9)21(29)31-22(30)16-10-6-12(18(16)20(27)28)14(8-10)33-4-2-24/h11-14,17-18,23-24H,1-8H2,(H,25,26)(H,27,28). The molecule has 6 atom stereocenters. The Morgan fingerprint density at radius 2 is 1.12 bits per heavy atom. The molecule has 6 unspecified atom stereocenters. The Labute approximate surface area is 198 Å². The van der Waals surface area contributed by atoms with Gasteiger partial charge in [-0.05, 0) is 37.5 Å². The van der Waals surface area contributed by atoms with Crippen molar-refractivity contribution in [2.75, 3.05) is 24.7 Å². The van der Waals surface area contributed by atoms with E-state index in [2.05, 4.69) is 0 Å². The van der Waals surface area contributed by atoms with E-state index in [1.54, 1.807) is 0 Å². The second-order valence-corrected chi connectivity index (χ2v) is 11.4. The highest BCUT2D eigenvalue weighted by atomic mass is 32.2. The van der Waals surface area contributed by atoms with E-state index in [9.17, 15) is 29.4 Å². The Kier molecular flexibility index (Phi) is 7.23. The summed E-state index contributed by atoms with van der Waals surface area (Å²) < 4.78 is 5.10. The summed E-state index contributed by atoms with van der Waals surface area (Å²) in [5.74, 6) is -6.09. The summed E-state index contributed by atoms with van der Waals surface area (Å²) in [5.41, 5.74) is 1.36. The lowest BCUT2D eigenvalue weighted by Crippen LogP contribution is -2.36. The average molecular weight is 499 g/mol. The number of thioether (sulfide) groups is 2. The number of carbonyl (C=O) groups is 4. The maximum Gasteiger partial charge on any atom is 0.342 e. The number of esters is 2. The van der Waals surface area contributed by atoms with Gasteiger partial charge in [-0.1, -0.05) is 11.1 Å². The molecule has 0 aromatic rings. The molecule has 11 heteroatoms. The van der Waals surface area contributed by atoms with Crippen molar-refractivity contribution in [3.8, 4) is 0 Å². The second kappa shape index (κ2) is 9.81. The van der Waals surface area contributed by atoms with Gasteiger partial charge in [-0.15, -0.1) is 0 Å². The Balaban J connectivity index is 1.51. The largest absolute Gasteiger partial charge is 0.481 e. The molecular weight excluding hydrogens is 472 g/mol. The number of hydrogen-bond acceptors (Lipinski definition) is 9. The van der Waals surface area contributed by atoms with Gasteiger partial charge >= 0.3 is 23.9 Å². The van der Waals surface area contributed by atoms with Gasteiger partial charge < -0.3 is 25.2 Å². The normalized spacial score (nSPS) is 32.1. The molecule has 2 fully saturated rings. The lowest BCUT2D eigenvalue weighted by atomic mass is 9.85. The van der Waals surface area contributed by atoms with Crippen LogP contribution in [0.2, 0.25) is 0 Å². The molecule has 0 heterocycles. The van der Waals surface area contributed by atoms with E-state index in [4.69, 9.17) is 14.9 Å². The number of aliphatic carboxylic acids is 2. The van der Waals surface area contributed by atoms with E-state index < -0.39 is 35.7 Å². The first-order chi connectivity index (χ1) is 15.8. The molecule has 9 nitrogen and oxygen atoms in total. The molecule has 0 aromatic carbocycles. The van der Waals surface area contributed by atoms with Gasteiger partial charge in [0.05, 0.1) is 36.2 Å². The Hall–Kier alpha value is -1.82. The van der Waals surface area contributed by atoms with E-state index in [0.717, 1.165) is 0 Å². The van der Waals surface area contributed by atoms with Gasteiger partial charge in [-0.3, -0.25) is 9.59 Å². The van der Waals surface area contributed by atoms with E-state index >= 15 is 0 Å². The topological polar surface area (TPSA) is 158 Å². The van der Waals surface area contributed by atoms with Gasteiger partial charge in [0.2, 0.25) is 0 Å². The summed E-state index contributed by atoms with van der Waals surface area (Å²) in [7, 11) is 0. The van der Waals surface area contributed by atoms with Crippen LogP contribution in [-0.2, 0) is 23.9 Å². The fraction of sp³-hybridized carbons (Fsp3) is 0.636. The van der Waals surface area contributed by atoms with E-state index in [1.165, 1.54) is 23.5 Å². The third-order valence-electron chi connectivity index (χ3n) is 7.06. The van der Waals surface area contributed by atoms with Crippen molar-refractivity contribution in [2.45, 2.75) is 36.2 Å². The van der Waals surface area contributed by atoms with Crippen molar-refractivity contribution in [1.82, 2.24) is 0 Å². The molecule has 0 aromatic heterocycles. The van der Waals surface area contributed by atoms with E-state index in [-0.39, 0.29) is 46.7 Å². The lowest BCUT2D eigenvalue weighted by molar-refractivity contribution is -0.158. The number of aliphatic hydroxyl groups excluding tert-OH is 2. The number of ether oxygens (including phenoxy) is 1. The number of allylic oxidation sites excluding steroid dienone is 2. The second-order valence-electron chi connectivity index (χ2n) is 8.75. The zero-order chi connectivity index (χ0) is 23.9. The first-order valence-corrected chi connectivity index (χ1v) is 13.0. The predicted octanol–water partition coefficient (Wildman–Crippen LogP) is 1.09. The molecule has 4 aliphatic carbocycles. The Morgan fingerprint density at radius 1 is 0.727 bits per heavy atom. The number of carboxylic acid groups (broad SMARTS) is 2. The van der Waals surface area contributed by atoms with Crippen LogP contribution in [0.15, 0.2) is 22.3 Å². The molecule has 0 aliphatic heterocycles. The minimum atomic E-state index is -1.15. The summed E-state index contributed by atoms with van der Waals surface area (Å²) in [6.45, 7) is -0.0345. The smallest absolute Gasteiger partial charge is 0.342 e. The molecule has 4 aliphatic rings. The number of fused-ring (bicyclic) bond motifs is 4. The fourth-order valence-electron chi connectivity index (χ4n) is 5.88. The quantitative estimate of drug-likeness (QED) is 0.252. The van der Waals surface area contributed by atoms with Crippen molar-refractivity contribution in [3.63, 3.8) is 0 Å². The molecule has 4 N–H and O–H groups in total. The van der Waals surface area contributed by atoms with Gasteiger partial charge in [0.15, 0.2) is 0 Å². The number of carboxylic acids is 2. The highest BCUT2D eigenvalue weighted by molar-refractivity contribution is 8.00. The number of hydrogen-bond donors (Lipinski definition) is 4. The number of carbonyl (C=O) groups excluding carboxylic acids is 2. The maximum absolute atomic E-state index is 12.9. The highest BCUT2D eigenvalue weighted by Gasteiger charge is 2.54. The molecule has 0 saturated heterocycles. The van der Waals surface area contributed by atoms with Crippen LogP contribution in [0.1, 0.15) is 25.7 Å². The highest BCUT2D eigenvalue weighted by Crippen LogP contribution is 2.54. The van der Waals surface area contributed by atoms with E-state index in [0.29, 0.717) is 48.3 Å². The first-order valence-electron chi connectivity index (χ1n) is 10.9. The zero-order valence-corrected chi connectivity index (χ0v) is 19.4. The SMILES string of the molecule is O=C(OC(=O)C1=C2CC(SCCO)C(C2)C1C(=O)O)C1=C2CC(SCCO)C(C2)C1C(=O)O. The van der Waals surface area contributed by atoms with Gasteiger partial charge in [0.25, 0.3) is 0 Å². The van der Waals surface area contributed by atoms with Crippen LogP contribution >= 0.6 is 23.5 Å². The molecule has 0 amide bonds. The summed E-state index contributed by atoms with van der Waals surface area (Å²) in [6.07, 6.45) is 1.90. The van der Waals surface area contributed by atoms with Gasteiger partial charge in [0.1, 0.15) is 0 Å². The summed E-state index contributed by atoms with van der Waals surface area (Å²) in [4.78, 5) is 49.7. The molecule has 4 rings (SSSR count). The third-order valence-corrected chi connectivity index (χ3v) is 9.78. The van der Waals surface area contributed by atoms with Crippen molar-refractivity contribution in [2.24, 2.45) is 23.7 Å². The molecule has 2 saturated carbocycles. The monoisotopic (exact) mass is 498 g/mol. The molecular formula is C22H26O9S2. The Morgan fingerprint density at radius 3 is 1.45 bits per heavy atom. The summed E-state index contributed by atoms with van der Waals surface area (Å²) in [5, 5.41) is 37.6. The number of aliphatic hydroxyl groups is 2. The van der Waals surface area contributed by atoms with Crippen LogP contribution in [0, 0.1) is 23.7 Å². The Bertz CT molecular complexity index is 866. The first kappa shape index (κ1) is 24.3. The summed E-state index contributed by atoms with van der Waals surface area (Å²) in [6, 6.07) is 0. The van der Waals surface area contributed by atoms with Crippen LogP contribution in [0.25, 0.3) is 0 Å². The molecule has 0 spiro atoms. The lowest BCUT2D eigenvalue weighted by Gasteiger charge is -2.28. The van der Waals surface area contributed by atoms with Crippen LogP contribution in [0.4, 0.5) is 0 Å². The van der Waals surface area contributed by atoms with Crippen molar-refractivity contribution in [1.29, 1.82) is 0 Å². The summed E-state index contributed by atoms with van der Waals surface area (Å²) >= 11 is 2.95. The molecule has 0 radical (unpaired) electrons. The van der Waals surface area contributed by atoms with Crippen LogP contribution in [-0.4, -0.2) is 79.5 Å². The third kappa shape index (κ3) is 4.36. The van der Waals surface area contributed by atoms with Crippen molar-refractivity contribution in [3.05, 3.63) is 22.3 Å². The maximum atomic E-state index is 12.9. The van der Waals surface area contributed by atoms with Crippen LogP contribution in [0.5, 0.6) is 0 Å². The van der Waals surface area contributed by atoms with Gasteiger partial charge in [-0.2, -0.15) is 23.5 Å². The van der Waals surface area contributed by atoms with Crippen LogP contribution < -0.4 is 0 Å². The zero-order valence-electron chi connectivity index (χ0n) is 17.8. The minimum absolute atomic E-state index is 0.0127.